The molecule has 0 unspecified atom stereocenters. The summed E-state index contributed by atoms with van der Waals surface area (Å²) >= 11 is 0. The molecule has 2 saturated carbocycles. The number of amides is 2. The summed E-state index contributed by atoms with van der Waals surface area (Å²) < 4.78 is 0. The predicted octanol–water partition coefficient (Wildman–Crippen LogP) is 1.97. The van der Waals surface area contributed by atoms with E-state index < -0.39 is 0 Å². The molecule has 1 heterocycles. The van der Waals surface area contributed by atoms with Crippen molar-refractivity contribution >= 4 is 11.8 Å². The van der Waals surface area contributed by atoms with Gasteiger partial charge in [0.2, 0.25) is 11.8 Å². The summed E-state index contributed by atoms with van der Waals surface area (Å²) in [5.41, 5.74) is 5.23. The van der Waals surface area contributed by atoms with Crippen molar-refractivity contribution in [2.45, 2.75) is 69.7 Å². The molecule has 106 valence electrons. The van der Waals surface area contributed by atoms with E-state index in [1.165, 1.54) is 6.42 Å². The van der Waals surface area contributed by atoms with Crippen molar-refractivity contribution in [3.63, 3.8) is 0 Å². The normalized spacial score (nSPS) is 29.4. The molecule has 0 radical (unpaired) electrons. The first kappa shape index (κ1) is 13.1. The number of hydrogen-bond donors (Lipinski definition) is 1. The van der Waals surface area contributed by atoms with Crippen LogP contribution >= 0.6 is 0 Å². The van der Waals surface area contributed by atoms with Gasteiger partial charge in [0.25, 0.3) is 0 Å². The summed E-state index contributed by atoms with van der Waals surface area (Å²) in [7, 11) is 0. The van der Waals surface area contributed by atoms with Gasteiger partial charge >= 0.3 is 0 Å². The Bertz CT molecular complexity index is 393. The molecule has 1 spiro atoms. The minimum Gasteiger partial charge on any atom is -0.328 e. The van der Waals surface area contributed by atoms with E-state index in [2.05, 4.69) is 0 Å². The monoisotopic (exact) mass is 264 g/mol. The standard InChI is InChI=1S/C15H24N2O2/c16-11-15(8-4-5-9-15)17-12(18)10-14(13(17)19)6-2-1-3-7-14/h1-11,16H2. The van der Waals surface area contributed by atoms with Gasteiger partial charge in [0.05, 0.1) is 11.0 Å². The van der Waals surface area contributed by atoms with Crippen molar-refractivity contribution in [2.24, 2.45) is 11.1 Å². The maximum atomic E-state index is 12.9. The largest absolute Gasteiger partial charge is 0.328 e. The van der Waals surface area contributed by atoms with Crippen LogP contribution in [0.2, 0.25) is 0 Å². The van der Waals surface area contributed by atoms with Crippen molar-refractivity contribution < 1.29 is 9.59 Å². The van der Waals surface area contributed by atoms with Crippen LogP contribution in [0.3, 0.4) is 0 Å². The molecule has 2 aliphatic carbocycles. The third-order valence-electron chi connectivity index (χ3n) is 5.60. The van der Waals surface area contributed by atoms with Gasteiger partial charge in [0.15, 0.2) is 0 Å². The van der Waals surface area contributed by atoms with Crippen LogP contribution in [0.15, 0.2) is 0 Å². The number of hydrogen-bond acceptors (Lipinski definition) is 3. The Morgan fingerprint density at radius 1 is 0.947 bits per heavy atom. The minimum atomic E-state index is -0.361. The van der Waals surface area contributed by atoms with Gasteiger partial charge in [0.1, 0.15) is 0 Å². The highest BCUT2D eigenvalue weighted by Gasteiger charge is 2.57. The molecular weight excluding hydrogens is 240 g/mol. The fourth-order valence-corrected chi connectivity index (χ4v) is 4.45. The molecule has 1 saturated heterocycles. The lowest BCUT2D eigenvalue weighted by Gasteiger charge is -2.38. The number of carbonyl (C=O) groups excluding carboxylic acids is 2. The quantitative estimate of drug-likeness (QED) is 0.776. The van der Waals surface area contributed by atoms with Crippen molar-refractivity contribution in [1.82, 2.24) is 4.90 Å². The Hall–Kier alpha value is -0.900. The van der Waals surface area contributed by atoms with Gasteiger partial charge in [-0.15, -0.1) is 0 Å². The number of likely N-dealkylation sites (tertiary alicyclic amines) is 1. The number of carbonyl (C=O) groups is 2. The van der Waals surface area contributed by atoms with Crippen LogP contribution in [-0.4, -0.2) is 28.8 Å². The summed E-state index contributed by atoms with van der Waals surface area (Å²) in [6, 6.07) is 0. The fourth-order valence-electron chi connectivity index (χ4n) is 4.45. The predicted molar refractivity (Wildman–Crippen MR) is 72.2 cm³/mol. The minimum absolute atomic E-state index is 0.0410. The van der Waals surface area contributed by atoms with Crippen LogP contribution in [0.5, 0.6) is 0 Å². The van der Waals surface area contributed by atoms with Crippen LogP contribution < -0.4 is 5.73 Å². The van der Waals surface area contributed by atoms with Gasteiger partial charge in [-0.25, -0.2) is 0 Å². The second-order valence-electron chi connectivity index (χ2n) is 6.69. The lowest BCUT2D eigenvalue weighted by atomic mass is 9.73. The SMILES string of the molecule is NCC1(N2C(=O)CC3(CCCCC3)C2=O)CCCC1. The molecule has 3 rings (SSSR count). The molecule has 4 nitrogen and oxygen atoms in total. The molecule has 1 aliphatic heterocycles. The number of rotatable bonds is 2. The molecule has 4 heteroatoms. The maximum absolute atomic E-state index is 12.9. The second-order valence-corrected chi connectivity index (χ2v) is 6.69. The molecule has 19 heavy (non-hydrogen) atoms. The van der Waals surface area contributed by atoms with E-state index in [0.717, 1.165) is 51.4 Å². The van der Waals surface area contributed by atoms with E-state index in [1.807, 2.05) is 0 Å². The maximum Gasteiger partial charge on any atom is 0.236 e. The van der Waals surface area contributed by atoms with Gasteiger partial charge < -0.3 is 5.73 Å². The third-order valence-corrected chi connectivity index (χ3v) is 5.60. The summed E-state index contributed by atoms with van der Waals surface area (Å²) in [6.07, 6.45) is 9.57. The summed E-state index contributed by atoms with van der Waals surface area (Å²) in [4.78, 5) is 27.0. The van der Waals surface area contributed by atoms with Crippen LogP contribution in [0.25, 0.3) is 0 Å². The average molecular weight is 264 g/mol. The number of nitrogens with zero attached hydrogens (tertiary/aromatic N) is 1. The molecule has 0 aromatic rings. The molecule has 2 amide bonds. The Morgan fingerprint density at radius 3 is 2.11 bits per heavy atom. The van der Waals surface area contributed by atoms with E-state index >= 15 is 0 Å². The zero-order chi connectivity index (χ0) is 13.5. The van der Waals surface area contributed by atoms with E-state index in [1.54, 1.807) is 4.90 Å². The van der Waals surface area contributed by atoms with Gasteiger partial charge in [0, 0.05) is 13.0 Å². The Balaban J connectivity index is 1.90. The fraction of sp³-hybridized carbons (Fsp3) is 0.867. The third kappa shape index (κ3) is 1.83. The summed E-state index contributed by atoms with van der Waals surface area (Å²) in [6.45, 7) is 0.431. The highest BCUT2D eigenvalue weighted by atomic mass is 16.2. The first-order chi connectivity index (χ1) is 9.14. The molecule has 0 atom stereocenters. The second kappa shape index (κ2) is 4.58. The Kier molecular flexibility index (Phi) is 3.16. The summed E-state index contributed by atoms with van der Waals surface area (Å²) in [5.74, 6) is 0.142. The highest BCUT2D eigenvalue weighted by molar-refractivity contribution is 6.06. The van der Waals surface area contributed by atoms with E-state index in [4.69, 9.17) is 5.73 Å². The molecule has 0 aromatic carbocycles. The van der Waals surface area contributed by atoms with Crippen molar-refractivity contribution in [3.05, 3.63) is 0 Å². The smallest absolute Gasteiger partial charge is 0.236 e. The first-order valence-electron chi connectivity index (χ1n) is 7.71. The average Bonchev–Trinajstić information content (AvgIpc) is 2.97. The van der Waals surface area contributed by atoms with Crippen molar-refractivity contribution in [2.75, 3.05) is 6.54 Å². The molecular formula is C15H24N2O2. The van der Waals surface area contributed by atoms with E-state index in [0.29, 0.717) is 13.0 Å². The van der Waals surface area contributed by atoms with Gasteiger partial charge in [-0.2, -0.15) is 0 Å². The van der Waals surface area contributed by atoms with E-state index in [-0.39, 0.29) is 22.8 Å². The van der Waals surface area contributed by atoms with E-state index in [9.17, 15) is 9.59 Å². The Labute approximate surface area is 114 Å². The molecule has 0 bridgehead atoms. The zero-order valence-electron chi connectivity index (χ0n) is 11.6. The Morgan fingerprint density at radius 2 is 1.53 bits per heavy atom. The molecule has 3 aliphatic rings. The van der Waals surface area contributed by atoms with Gasteiger partial charge in [-0.3, -0.25) is 14.5 Å². The molecule has 3 fully saturated rings. The number of nitrogens with two attached hydrogens (primary N) is 1. The van der Waals surface area contributed by atoms with Crippen LogP contribution in [0, 0.1) is 5.41 Å². The van der Waals surface area contributed by atoms with Crippen molar-refractivity contribution in [1.29, 1.82) is 0 Å². The van der Waals surface area contributed by atoms with Crippen LogP contribution in [0.1, 0.15) is 64.2 Å². The first-order valence-corrected chi connectivity index (χ1v) is 7.71. The number of imide groups is 1. The highest BCUT2D eigenvalue weighted by Crippen LogP contribution is 2.49. The topological polar surface area (TPSA) is 63.4 Å². The summed E-state index contributed by atoms with van der Waals surface area (Å²) in [5, 5.41) is 0. The van der Waals surface area contributed by atoms with Gasteiger partial charge in [-0.05, 0) is 25.7 Å². The lowest BCUT2D eigenvalue weighted by molar-refractivity contribution is -0.149. The molecule has 2 N–H and O–H groups in total. The van der Waals surface area contributed by atoms with Gasteiger partial charge in [-0.1, -0.05) is 32.1 Å². The van der Waals surface area contributed by atoms with Crippen LogP contribution in [-0.2, 0) is 9.59 Å². The molecule has 0 aromatic heterocycles. The van der Waals surface area contributed by atoms with Crippen LogP contribution in [0.4, 0.5) is 0 Å². The zero-order valence-corrected chi connectivity index (χ0v) is 11.6. The van der Waals surface area contributed by atoms with Crippen molar-refractivity contribution in [3.8, 4) is 0 Å². The lowest BCUT2D eigenvalue weighted by Crippen LogP contribution is -2.55.